The summed E-state index contributed by atoms with van der Waals surface area (Å²) in [6.45, 7) is 4.96. The summed E-state index contributed by atoms with van der Waals surface area (Å²) in [5.74, 6) is 0.947. The minimum Gasteiger partial charge on any atom is -0.323 e. The molecule has 0 saturated carbocycles. The van der Waals surface area contributed by atoms with E-state index in [-0.39, 0.29) is 11.6 Å². The maximum absolute atomic E-state index is 13.2. The smallest absolute Gasteiger partial charge is 0.323 e. The molecule has 0 spiro atoms. The highest BCUT2D eigenvalue weighted by Gasteiger charge is 2.34. The van der Waals surface area contributed by atoms with E-state index >= 15 is 0 Å². The highest BCUT2D eigenvalue weighted by Crippen LogP contribution is 2.31. The Hall–Kier alpha value is -2.97. The summed E-state index contributed by atoms with van der Waals surface area (Å²) in [4.78, 5) is 11.7. The first kappa shape index (κ1) is 18.8. The molecule has 0 aromatic carbocycles. The van der Waals surface area contributed by atoms with Gasteiger partial charge in [-0.1, -0.05) is 13.8 Å². The third kappa shape index (κ3) is 5.02. The highest BCUT2D eigenvalue weighted by molar-refractivity contribution is 5.59. The van der Waals surface area contributed by atoms with Crippen LogP contribution in [0.15, 0.2) is 42.9 Å². The van der Waals surface area contributed by atoms with E-state index in [1.54, 1.807) is 29.1 Å². The zero-order valence-corrected chi connectivity index (χ0v) is 14.9. The standard InChI is InChI=1S/C18H19F3N6/c1-12(2)5-9-27-10-6-15(26-27)24-16-11-14(18(19,20)21)23-17(25-16)13-3-7-22-8-4-13/h3-4,6-8,10-12H,5,9H2,1-2H3,(H,23,24,25,26). The largest absolute Gasteiger partial charge is 0.433 e. The molecule has 9 heteroatoms. The number of pyridine rings is 1. The number of rotatable bonds is 6. The van der Waals surface area contributed by atoms with E-state index < -0.39 is 11.9 Å². The zero-order chi connectivity index (χ0) is 19.4. The summed E-state index contributed by atoms with van der Waals surface area (Å²) in [6.07, 6.45) is 1.10. The molecule has 3 aromatic rings. The van der Waals surface area contributed by atoms with Crippen molar-refractivity contribution in [2.24, 2.45) is 5.92 Å². The van der Waals surface area contributed by atoms with E-state index in [9.17, 15) is 13.2 Å². The molecule has 6 nitrogen and oxygen atoms in total. The van der Waals surface area contributed by atoms with Crippen LogP contribution in [0.4, 0.5) is 24.8 Å². The number of hydrogen-bond acceptors (Lipinski definition) is 5. The summed E-state index contributed by atoms with van der Waals surface area (Å²) in [6, 6.07) is 5.68. The molecule has 0 radical (unpaired) electrons. The van der Waals surface area contributed by atoms with Crippen LogP contribution in [0.25, 0.3) is 11.4 Å². The van der Waals surface area contributed by atoms with E-state index in [0.717, 1.165) is 19.0 Å². The van der Waals surface area contributed by atoms with Gasteiger partial charge in [0, 0.05) is 42.8 Å². The van der Waals surface area contributed by atoms with Gasteiger partial charge >= 0.3 is 6.18 Å². The number of nitrogens with zero attached hydrogens (tertiary/aromatic N) is 5. The molecule has 0 aliphatic carbocycles. The maximum atomic E-state index is 13.2. The number of alkyl halides is 3. The molecular weight excluding hydrogens is 357 g/mol. The first-order valence-electron chi connectivity index (χ1n) is 8.48. The Morgan fingerprint density at radius 1 is 1.07 bits per heavy atom. The minimum absolute atomic E-state index is 0.0262. The molecule has 27 heavy (non-hydrogen) atoms. The van der Waals surface area contributed by atoms with Crippen LogP contribution in [-0.2, 0) is 12.7 Å². The lowest BCUT2D eigenvalue weighted by atomic mass is 10.1. The Labute approximate surface area is 154 Å². The number of aromatic nitrogens is 5. The lowest BCUT2D eigenvalue weighted by Gasteiger charge is -2.11. The molecule has 0 atom stereocenters. The molecule has 0 unspecified atom stereocenters. The van der Waals surface area contributed by atoms with E-state index in [4.69, 9.17) is 0 Å². The van der Waals surface area contributed by atoms with Gasteiger partial charge in [0.15, 0.2) is 17.3 Å². The van der Waals surface area contributed by atoms with Crippen molar-refractivity contribution in [3.8, 4) is 11.4 Å². The Morgan fingerprint density at radius 3 is 2.48 bits per heavy atom. The van der Waals surface area contributed by atoms with E-state index in [0.29, 0.717) is 17.3 Å². The van der Waals surface area contributed by atoms with Crippen molar-refractivity contribution in [3.05, 3.63) is 48.5 Å². The second-order valence-electron chi connectivity index (χ2n) is 6.47. The summed E-state index contributed by atoms with van der Waals surface area (Å²) in [5.41, 5.74) is -0.576. The molecule has 0 aliphatic heterocycles. The Kier molecular flexibility index (Phi) is 5.38. The van der Waals surface area contributed by atoms with Gasteiger partial charge in [0.25, 0.3) is 0 Å². The SMILES string of the molecule is CC(C)CCn1ccc(Nc2cc(C(F)(F)F)nc(-c3ccncc3)n2)n1. The highest BCUT2D eigenvalue weighted by atomic mass is 19.4. The van der Waals surface area contributed by atoms with Gasteiger partial charge in [0.05, 0.1) is 0 Å². The van der Waals surface area contributed by atoms with Gasteiger partial charge in [-0.2, -0.15) is 18.3 Å². The van der Waals surface area contributed by atoms with Gasteiger partial charge < -0.3 is 5.32 Å². The van der Waals surface area contributed by atoms with E-state index in [2.05, 4.69) is 39.2 Å². The summed E-state index contributed by atoms with van der Waals surface area (Å²) < 4.78 is 41.4. The molecule has 142 valence electrons. The number of halogens is 3. The normalized spacial score (nSPS) is 11.8. The van der Waals surface area contributed by atoms with Crippen molar-refractivity contribution in [1.82, 2.24) is 24.7 Å². The first-order chi connectivity index (χ1) is 12.8. The van der Waals surface area contributed by atoms with E-state index in [1.165, 1.54) is 12.4 Å². The Morgan fingerprint density at radius 2 is 1.81 bits per heavy atom. The molecule has 3 aromatic heterocycles. The molecule has 0 bridgehead atoms. The monoisotopic (exact) mass is 376 g/mol. The Bertz CT molecular complexity index is 890. The van der Waals surface area contributed by atoms with Crippen molar-refractivity contribution < 1.29 is 13.2 Å². The molecule has 1 N–H and O–H groups in total. The van der Waals surface area contributed by atoms with Gasteiger partial charge in [-0.15, -0.1) is 0 Å². The Balaban J connectivity index is 1.88. The van der Waals surface area contributed by atoms with Crippen LogP contribution in [0.1, 0.15) is 26.0 Å². The van der Waals surface area contributed by atoms with Gasteiger partial charge in [0.1, 0.15) is 5.82 Å². The quantitative estimate of drug-likeness (QED) is 0.684. The van der Waals surface area contributed by atoms with Gasteiger partial charge in [-0.3, -0.25) is 9.67 Å². The van der Waals surface area contributed by atoms with Crippen LogP contribution in [0.2, 0.25) is 0 Å². The van der Waals surface area contributed by atoms with Crippen LogP contribution >= 0.6 is 0 Å². The van der Waals surface area contributed by atoms with Gasteiger partial charge in [-0.05, 0) is 24.5 Å². The summed E-state index contributed by atoms with van der Waals surface area (Å²) in [7, 11) is 0. The number of nitrogens with one attached hydrogen (secondary N) is 1. The number of anilines is 2. The van der Waals surface area contributed by atoms with Crippen molar-refractivity contribution >= 4 is 11.6 Å². The maximum Gasteiger partial charge on any atom is 0.433 e. The van der Waals surface area contributed by atoms with E-state index in [1.807, 2.05) is 0 Å². The fourth-order valence-corrected chi connectivity index (χ4v) is 2.36. The lowest BCUT2D eigenvalue weighted by molar-refractivity contribution is -0.141. The van der Waals surface area contributed by atoms with Gasteiger partial charge in [0.2, 0.25) is 0 Å². The molecule has 0 aliphatic rings. The van der Waals surface area contributed by atoms with Crippen LogP contribution in [0, 0.1) is 5.92 Å². The zero-order valence-electron chi connectivity index (χ0n) is 14.9. The summed E-state index contributed by atoms with van der Waals surface area (Å²) in [5, 5.41) is 7.16. The average molecular weight is 376 g/mol. The van der Waals surface area contributed by atoms with Crippen molar-refractivity contribution in [2.75, 3.05) is 5.32 Å². The second kappa shape index (κ2) is 7.73. The second-order valence-corrected chi connectivity index (χ2v) is 6.47. The van der Waals surface area contributed by atoms with Gasteiger partial charge in [-0.25, -0.2) is 9.97 Å². The molecule has 0 saturated heterocycles. The molecule has 3 rings (SSSR count). The van der Waals surface area contributed by atoms with Crippen molar-refractivity contribution in [3.63, 3.8) is 0 Å². The fourth-order valence-electron chi connectivity index (χ4n) is 2.36. The minimum atomic E-state index is -4.59. The van der Waals surface area contributed by atoms with Crippen LogP contribution in [-0.4, -0.2) is 24.7 Å². The molecule has 0 amide bonds. The third-order valence-electron chi connectivity index (χ3n) is 3.79. The molecule has 0 fully saturated rings. The lowest BCUT2D eigenvalue weighted by Crippen LogP contribution is -2.11. The average Bonchev–Trinajstić information content (AvgIpc) is 3.07. The van der Waals surface area contributed by atoms with Crippen molar-refractivity contribution in [1.29, 1.82) is 0 Å². The van der Waals surface area contributed by atoms with Crippen molar-refractivity contribution in [2.45, 2.75) is 33.0 Å². The van der Waals surface area contributed by atoms with Crippen LogP contribution < -0.4 is 5.32 Å². The predicted molar refractivity (Wildman–Crippen MR) is 95.2 cm³/mol. The number of aryl methyl sites for hydroxylation is 1. The molecular formula is C18H19F3N6. The third-order valence-corrected chi connectivity index (χ3v) is 3.79. The molecule has 3 heterocycles. The van der Waals surface area contributed by atoms with Crippen LogP contribution in [0.3, 0.4) is 0 Å². The predicted octanol–water partition coefficient (Wildman–Crippen LogP) is 4.54. The first-order valence-corrected chi connectivity index (χ1v) is 8.48. The topological polar surface area (TPSA) is 68.5 Å². The fraction of sp³-hybridized carbons (Fsp3) is 0.333. The number of hydrogen-bond donors (Lipinski definition) is 1. The summed E-state index contributed by atoms with van der Waals surface area (Å²) >= 11 is 0. The van der Waals surface area contributed by atoms with Crippen LogP contribution in [0.5, 0.6) is 0 Å².